The summed E-state index contributed by atoms with van der Waals surface area (Å²) in [6.07, 6.45) is 0.431. The summed E-state index contributed by atoms with van der Waals surface area (Å²) < 4.78 is 11.3. The zero-order chi connectivity index (χ0) is 27.0. The van der Waals surface area contributed by atoms with E-state index in [2.05, 4.69) is 47.8 Å². The molecule has 5 nitrogen and oxygen atoms in total. The van der Waals surface area contributed by atoms with Crippen LogP contribution in [0.4, 0.5) is 16.2 Å². The van der Waals surface area contributed by atoms with Crippen molar-refractivity contribution < 1.29 is 15.7 Å². The van der Waals surface area contributed by atoms with Crippen molar-refractivity contribution in [2.75, 3.05) is 19.0 Å². The van der Waals surface area contributed by atoms with Gasteiger partial charge in [-0.1, -0.05) is 72.8 Å². The molecule has 0 saturated carbocycles. The third kappa shape index (κ3) is 7.62. The van der Waals surface area contributed by atoms with Crippen molar-refractivity contribution >= 4 is 17.5 Å². The van der Waals surface area contributed by atoms with Crippen LogP contribution >= 0.6 is 0 Å². The second-order valence-electron chi connectivity index (χ2n) is 10.2. The summed E-state index contributed by atoms with van der Waals surface area (Å²) in [7, 11) is 1.69. The van der Waals surface area contributed by atoms with Crippen molar-refractivity contribution in [3.63, 3.8) is 0 Å². The lowest BCUT2D eigenvalue weighted by Gasteiger charge is -2.27. The summed E-state index contributed by atoms with van der Waals surface area (Å²) in [6, 6.07) is 34.6. The van der Waals surface area contributed by atoms with E-state index >= 15 is 0 Å². The Balaban J connectivity index is 0.00000420. The molecule has 0 aliphatic rings. The highest BCUT2D eigenvalue weighted by Crippen LogP contribution is 2.33. The minimum atomic E-state index is -0.541. The third-order valence-electron chi connectivity index (χ3n) is 6.07. The van der Waals surface area contributed by atoms with E-state index in [1.54, 1.807) is 12.0 Å². The summed E-state index contributed by atoms with van der Waals surface area (Å²) in [4.78, 5) is 14.7. The monoisotopic (exact) mass is 511 g/mol. The van der Waals surface area contributed by atoms with E-state index in [1.807, 2.05) is 81.4 Å². The number of anilines is 2. The van der Waals surface area contributed by atoms with Crippen molar-refractivity contribution in [1.29, 1.82) is 0 Å². The highest BCUT2D eigenvalue weighted by Gasteiger charge is 2.22. The fourth-order valence-corrected chi connectivity index (χ4v) is 4.18. The van der Waals surface area contributed by atoms with Crippen molar-refractivity contribution in [3.05, 3.63) is 114 Å². The number of carbonyl (C=O) groups excluding carboxylic acids is 1. The molecular weight excluding hydrogens is 472 g/mol. The lowest BCUT2D eigenvalue weighted by molar-refractivity contribution is 0.0236. The zero-order valence-electron chi connectivity index (χ0n) is 22.6. The van der Waals surface area contributed by atoms with Crippen LogP contribution in [0.15, 0.2) is 103 Å². The number of carbonyl (C=O) groups is 1. The maximum Gasteiger partial charge on any atom is 0.410 e. The maximum absolute atomic E-state index is 12.9. The second-order valence-corrected chi connectivity index (χ2v) is 10.2. The highest BCUT2D eigenvalue weighted by atomic mass is 16.6. The Morgan fingerprint density at radius 1 is 0.816 bits per heavy atom. The minimum Gasteiger partial charge on any atom is -0.496 e. The predicted molar refractivity (Wildman–Crippen MR) is 157 cm³/mol. The van der Waals surface area contributed by atoms with Crippen LogP contribution in [0.3, 0.4) is 0 Å². The van der Waals surface area contributed by atoms with E-state index in [0.29, 0.717) is 13.1 Å². The van der Waals surface area contributed by atoms with Crippen LogP contribution in [0.5, 0.6) is 5.75 Å². The third-order valence-corrected chi connectivity index (χ3v) is 6.07. The number of amides is 1. The molecule has 4 aromatic rings. The summed E-state index contributed by atoms with van der Waals surface area (Å²) in [6.45, 7) is 6.75. The Morgan fingerprint density at radius 2 is 1.45 bits per heavy atom. The van der Waals surface area contributed by atoms with Gasteiger partial charge in [-0.05, 0) is 74.2 Å². The van der Waals surface area contributed by atoms with Crippen LogP contribution in [0.2, 0.25) is 0 Å². The van der Waals surface area contributed by atoms with Gasteiger partial charge in [-0.3, -0.25) is 0 Å². The Kier molecular flexibility index (Phi) is 8.70. The largest absolute Gasteiger partial charge is 0.496 e. The molecule has 1 amide bonds. The molecule has 0 fully saturated rings. The number of hydrogen-bond donors (Lipinski definition) is 1. The first-order chi connectivity index (χ1) is 18.3. The van der Waals surface area contributed by atoms with Crippen LogP contribution in [0.1, 0.15) is 33.3 Å². The molecule has 5 heteroatoms. The SMILES string of the molecule is COc1ccc(Nc2ccc(CCN(Cc3ccccc3)C(=O)OC(C)(C)C)cc2)cc1-c1ccccc1.[2HH]. The number of rotatable bonds is 9. The summed E-state index contributed by atoms with van der Waals surface area (Å²) >= 11 is 0. The molecule has 0 bridgehead atoms. The quantitative estimate of drug-likeness (QED) is 0.245. The average Bonchev–Trinajstić information content (AvgIpc) is 2.92. The van der Waals surface area contributed by atoms with E-state index < -0.39 is 5.60 Å². The van der Waals surface area contributed by atoms with E-state index in [4.69, 9.17) is 9.47 Å². The molecular formula is C33H38N2O3. The molecule has 0 radical (unpaired) electrons. The van der Waals surface area contributed by atoms with Crippen LogP contribution in [-0.4, -0.2) is 30.2 Å². The number of benzene rings is 4. The molecule has 0 aliphatic carbocycles. The fourth-order valence-electron chi connectivity index (χ4n) is 4.18. The average molecular weight is 512 g/mol. The predicted octanol–water partition coefficient (Wildman–Crippen LogP) is 8.33. The fraction of sp³-hybridized carbons (Fsp3) is 0.242. The molecule has 0 aliphatic heterocycles. The molecule has 0 saturated heterocycles. The van der Waals surface area contributed by atoms with Gasteiger partial charge in [0.2, 0.25) is 0 Å². The maximum atomic E-state index is 12.9. The van der Waals surface area contributed by atoms with Crippen LogP contribution < -0.4 is 10.1 Å². The standard InChI is InChI=1S/C33H36N2O3.H2/c1-33(2,3)38-32(36)35(24-26-11-7-5-8-12-26)22-21-25-15-17-28(18-16-25)34-29-19-20-31(37-4)30(23-29)27-13-9-6-10-14-27;/h5-20,23,34H,21-22,24H2,1-4H3;1H/i;1+1. The van der Waals surface area contributed by atoms with Crippen molar-refractivity contribution in [2.45, 2.75) is 39.3 Å². The first-order valence-corrected chi connectivity index (χ1v) is 12.9. The number of hydrogen-bond acceptors (Lipinski definition) is 4. The van der Waals surface area contributed by atoms with Gasteiger partial charge in [0, 0.05) is 31.5 Å². The lowest BCUT2D eigenvalue weighted by atomic mass is 10.0. The molecule has 38 heavy (non-hydrogen) atoms. The molecule has 0 spiro atoms. The van der Waals surface area contributed by atoms with Crippen molar-refractivity contribution in [1.82, 2.24) is 4.90 Å². The van der Waals surface area contributed by atoms with E-state index in [0.717, 1.165) is 45.8 Å². The smallest absolute Gasteiger partial charge is 0.410 e. The van der Waals surface area contributed by atoms with Crippen LogP contribution in [-0.2, 0) is 17.7 Å². The number of nitrogens with one attached hydrogen (secondary N) is 1. The van der Waals surface area contributed by atoms with Crippen LogP contribution in [0, 0.1) is 0 Å². The molecule has 0 atom stereocenters. The summed E-state index contributed by atoms with van der Waals surface area (Å²) in [5.74, 6) is 0.835. The number of nitrogens with zero attached hydrogens (tertiary/aromatic N) is 1. The summed E-state index contributed by atoms with van der Waals surface area (Å²) in [5.41, 5.74) is 5.80. The molecule has 4 rings (SSSR count). The van der Waals surface area contributed by atoms with Crippen LogP contribution in [0.25, 0.3) is 11.1 Å². The second kappa shape index (κ2) is 12.3. The first-order valence-electron chi connectivity index (χ1n) is 12.9. The van der Waals surface area contributed by atoms with E-state index in [9.17, 15) is 4.79 Å². The Hall–Kier alpha value is -4.25. The molecule has 4 aromatic carbocycles. The van der Waals surface area contributed by atoms with Crippen molar-refractivity contribution in [3.8, 4) is 16.9 Å². The first kappa shape index (κ1) is 26.8. The van der Waals surface area contributed by atoms with Gasteiger partial charge in [0.05, 0.1) is 7.11 Å². The Labute approximate surface area is 227 Å². The van der Waals surface area contributed by atoms with E-state index in [1.165, 1.54) is 0 Å². The Morgan fingerprint density at radius 3 is 2.08 bits per heavy atom. The zero-order valence-corrected chi connectivity index (χ0v) is 22.6. The van der Waals surface area contributed by atoms with Gasteiger partial charge in [0.1, 0.15) is 11.4 Å². The molecule has 0 heterocycles. The number of methoxy groups -OCH3 is 1. The van der Waals surface area contributed by atoms with Gasteiger partial charge in [0.25, 0.3) is 0 Å². The van der Waals surface area contributed by atoms with Crippen molar-refractivity contribution in [2.24, 2.45) is 0 Å². The minimum absolute atomic E-state index is 0. The highest BCUT2D eigenvalue weighted by molar-refractivity contribution is 5.76. The number of ether oxygens (including phenoxy) is 2. The van der Waals surface area contributed by atoms with Gasteiger partial charge < -0.3 is 19.7 Å². The topological polar surface area (TPSA) is 50.8 Å². The van der Waals surface area contributed by atoms with E-state index in [-0.39, 0.29) is 7.52 Å². The van der Waals surface area contributed by atoms with Gasteiger partial charge in [-0.25, -0.2) is 4.79 Å². The molecule has 1 N–H and O–H groups in total. The lowest BCUT2D eigenvalue weighted by Crippen LogP contribution is -2.37. The van der Waals surface area contributed by atoms with Gasteiger partial charge in [0.15, 0.2) is 0 Å². The van der Waals surface area contributed by atoms with Gasteiger partial charge in [-0.2, -0.15) is 0 Å². The molecule has 198 valence electrons. The van der Waals surface area contributed by atoms with Gasteiger partial charge >= 0.3 is 6.09 Å². The molecule has 0 aromatic heterocycles. The Bertz CT molecular complexity index is 1320. The van der Waals surface area contributed by atoms with Gasteiger partial charge in [-0.15, -0.1) is 0 Å². The normalized spacial score (nSPS) is 11.1. The summed E-state index contributed by atoms with van der Waals surface area (Å²) in [5, 5.41) is 3.49. The molecule has 0 unspecified atom stereocenters.